The summed E-state index contributed by atoms with van der Waals surface area (Å²) < 4.78 is 0.980. The number of nitrogens with one attached hydrogen (secondary N) is 1. The van der Waals surface area contributed by atoms with Crippen LogP contribution in [-0.4, -0.2) is 23.1 Å². The quantitative estimate of drug-likeness (QED) is 0.421. The van der Waals surface area contributed by atoms with E-state index in [-0.39, 0.29) is 5.91 Å². The number of halogens is 1. The Hall–Kier alpha value is -2.76. The minimum atomic E-state index is -0.206. The van der Waals surface area contributed by atoms with Crippen LogP contribution < -0.4 is 5.43 Å². The molecule has 1 aliphatic rings. The van der Waals surface area contributed by atoms with Gasteiger partial charge in [-0.1, -0.05) is 64.5 Å². The number of carbonyl (C=O) groups is 1. The summed E-state index contributed by atoms with van der Waals surface area (Å²) >= 11 is 3.45. The zero-order valence-corrected chi connectivity index (χ0v) is 18.5. The van der Waals surface area contributed by atoms with Gasteiger partial charge in [-0.3, -0.25) is 9.69 Å². The van der Waals surface area contributed by atoms with Gasteiger partial charge in [-0.25, -0.2) is 5.43 Å². The highest BCUT2D eigenvalue weighted by atomic mass is 79.9. The third kappa shape index (κ3) is 5.04. The maximum Gasteiger partial charge on any atom is 0.271 e. The number of carbonyl (C=O) groups excluding carboxylic acids is 1. The Bertz CT molecular complexity index is 1080. The van der Waals surface area contributed by atoms with Gasteiger partial charge in [-0.2, -0.15) is 5.10 Å². The molecule has 0 aromatic heterocycles. The second kappa shape index (κ2) is 9.37. The summed E-state index contributed by atoms with van der Waals surface area (Å²) in [6, 6.07) is 24.3. The molecule has 1 amide bonds. The van der Waals surface area contributed by atoms with E-state index in [0.717, 1.165) is 41.8 Å². The van der Waals surface area contributed by atoms with E-state index in [4.69, 9.17) is 0 Å². The van der Waals surface area contributed by atoms with Gasteiger partial charge in [0.25, 0.3) is 5.91 Å². The number of nitrogens with zero attached hydrogens (tertiary/aromatic N) is 2. The highest BCUT2D eigenvalue weighted by Crippen LogP contribution is 2.20. The summed E-state index contributed by atoms with van der Waals surface area (Å²) in [7, 11) is 0. The molecule has 30 heavy (non-hydrogen) atoms. The van der Waals surface area contributed by atoms with E-state index in [1.807, 2.05) is 55.5 Å². The van der Waals surface area contributed by atoms with Gasteiger partial charge >= 0.3 is 0 Å². The molecule has 1 heterocycles. The molecule has 0 fully saturated rings. The van der Waals surface area contributed by atoms with E-state index in [0.29, 0.717) is 5.56 Å². The SMILES string of the molecule is C/C(=N/NC(=O)c1ccc(CN2CCc3ccccc3C2)cc1)c1cccc(Br)c1. The Morgan fingerprint density at radius 3 is 2.53 bits per heavy atom. The highest BCUT2D eigenvalue weighted by Gasteiger charge is 2.16. The third-order valence-corrected chi connectivity index (χ3v) is 5.89. The van der Waals surface area contributed by atoms with Crippen LogP contribution in [0.1, 0.15) is 39.5 Å². The maximum atomic E-state index is 12.4. The van der Waals surface area contributed by atoms with E-state index in [2.05, 4.69) is 55.6 Å². The van der Waals surface area contributed by atoms with Crippen LogP contribution >= 0.6 is 15.9 Å². The molecule has 4 nitrogen and oxygen atoms in total. The molecule has 152 valence electrons. The maximum absolute atomic E-state index is 12.4. The van der Waals surface area contributed by atoms with E-state index < -0.39 is 0 Å². The first-order valence-corrected chi connectivity index (χ1v) is 10.9. The lowest BCUT2D eigenvalue weighted by Crippen LogP contribution is -2.30. The van der Waals surface area contributed by atoms with Crippen LogP contribution in [-0.2, 0) is 19.5 Å². The second-order valence-corrected chi connectivity index (χ2v) is 8.49. The van der Waals surface area contributed by atoms with Gasteiger partial charge in [-0.15, -0.1) is 0 Å². The summed E-state index contributed by atoms with van der Waals surface area (Å²) in [6.45, 7) is 4.79. The molecule has 0 atom stereocenters. The second-order valence-electron chi connectivity index (χ2n) is 7.57. The molecule has 1 N–H and O–H groups in total. The first kappa shape index (κ1) is 20.5. The van der Waals surface area contributed by atoms with E-state index in [1.165, 1.54) is 16.7 Å². The molecule has 5 heteroatoms. The Kier molecular flexibility index (Phi) is 6.41. The van der Waals surface area contributed by atoms with Gasteiger partial charge in [0.05, 0.1) is 5.71 Å². The summed E-state index contributed by atoms with van der Waals surface area (Å²) in [6.07, 6.45) is 1.09. The Labute approximate surface area is 185 Å². The normalized spacial score (nSPS) is 14.3. The minimum absolute atomic E-state index is 0.206. The summed E-state index contributed by atoms with van der Waals surface area (Å²) in [5.74, 6) is -0.206. The van der Waals surface area contributed by atoms with Crippen LogP contribution in [0.4, 0.5) is 0 Å². The van der Waals surface area contributed by atoms with E-state index in [1.54, 1.807) is 0 Å². The summed E-state index contributed by atoms with van der Waals surface area (Å²) in [4.78, 5) is 14.9. The molecule has 0 saturated carbocycles. The van der Waals surface area contributed by atoms with Crippen molar-refractivity contribution < 1.29 is 4.79 Å². The van der Waals surface area contributed by atoms with Crippen molar-refractivity contribution in [2.45, 2.75) is 26.4 Å². The monoisotopic (exact) mass is 461 g/mol. The standard InChI is InChI=1S/C25H24BrN3O/c1-18(22-7-4-8-24(26)15-22)27-28-25(30)21-11-9-19(10-12-21)16-29-14-13-20-5-2-3-6-23(20)17-29/h2-12,15H,13-14,16-17H2,1H3,(H,28,30)/b27-18-. The lowest BCUT2D eigenvalue weighted by atomic mass is 9.99. The Morgan fingerprint density at radius 1 is 1.00 bits per heavy atom. The minimum Gasteiger partial charge on any atom is -0.294 e. The molecule has 3 aromatic rings. The lowest BCUT2D eigenvalue weighted by molar-refractivity contribution is 0.0955. The number of hydrogen-bond donors (Lipinski definition) is 1. The molecule has 0 unspecified atom stereocenters. The van der Waals surface area contributed by atoms with Crippen LogP contribution in [0.25, 0.3) is 0 Å². The molecular weight excluding hydrogens is 438 g/mol. The average molecular weight is 462 g/mol. The fourth-order valence-electron chi connectivity index (χ4n) is 3.69. The number of hydrazone groups is 1. The number of fused-ring (bicyclic) bond motifs is 1. The fourth-order valence-corrected chi connectivity index (χ4v) is 4.09. The lowest BCUT2D eigenvalue weighted by Gasteiger charge is -2.28. The van der Waals surface area contributed by atoms with Crippen LogP contribution in [0.2, 0.25) is 0 Å². The Balaban J connectivity index is 1.35. The van der Waals surface area contributed by atoms with Gasteiger partial charge in [0.15, 0.2) is 0 Å². The fraction of sp³-hybridized carbons (Fsp3) is 0.200. The number of hydrogen-bond acceptors (Lipinski definition) is 3. The zero-order valence-electron chi connectivity index (χ0n) is 16.9. The molecule has 0 bridgehead atoms. The van der Waals surface area contributed by atoms with Crippen molar-refractivity contribution in [1.82, 2.24) is 10.3 Å². The molecule has 1 aliphatic heterocycles. The molecule has 0 aliphatic carbocycles. The third-order valence-electron chi connectivity index (χ3n) is 5.40. The van der Waals surface area contributed by atoms with E-state index in [9.17, 15) is 4.79 Å². The summed E-state index contributed by atoms with van der Waals surface area (Å²) in [5.41, 5.74) is 9.06. The van der Waals surface area contributed by atoms with Gasteiger partial charge in [0, 0.05) is 29.7 Å². The zero-order chi connectivity index (χ0) is 20.9. The van der Waals surface area contributed by atoms with Crippen LogP contribution in [0.5, 0.6) is 0 Å². The number of amides is 1. The first-order valence-electron chi connectivity index (χ1n) is 10.1. The van der Waals surface area contributed by atoms with Crippen molar-refractivity contribution in [2.24, 2.45) is 5.10 Å². The number of rotatable bonds is 5. The predicted octanol–water partition coefficient (Wildman–Crippen LogP) is 5.16. The van der Waals surface area contributed by atoms with Gasteiger partial charge < -0.3 is 0 Å². The number of benzene rings is 3. The Morgan fingerprint density at radius 2 is 1.77 bits per heavy atom. The molecule has 0 radical (unpaired) electrons. The topological polar surface area (TPSA) is 44.7 Å². The molecule has 0 saturated heterocycles. The molecular formula is C25H24BrN3O. The van der Waals surface area contributed by atoms with E-state index >= 15 is 0 Å². The highest BCUT2D eigenvalue weighted by molar-refractivity contribution is 9.10. The van der Waals surface area contributed by atoms with Crippen molar-refractivity contribution in [3.8, 4) is 0 Å². The van der Waals surface area contributed by atoms with Crippen molar-refractivity contribution in [3.05, 3.63) is 105 Å². The van der Waals surface area contributed by atoms with Crippen LogP contribution in [0.3, 0.4) is 0 Å². The average Bonchev–Trinajstić information content (AvgIpc) is 2.77. The smallest absolute Gasteiger partial charge is 0.271 e. The van der Waals surface area contributed by atoms with Crippen molar-refractivity contribution in [2.75, 3.05) is 6.54 Å². The van der Waals surface area contributed by atoms with Crippen molar-refractivity contribution in [1.29, 1.82) is 0 Å². The first-order chi connectivity index (χ1) is 14.6. The van der Waals surface area contributed by atoms with Crippen LogP contribution in [0, 0.1) is 0 Å². The molecule has 0 spiro atoms. The largest absolute Gasteiger partial charge is 0.294 e. The predicted molar refractivity (Wildman–Crippen MR) is 125 cm³/mol. The van der Waals surface area contributed by atoms with Crippen LogP contribution in [0.15, 0.2) is 82.4 Å². The van der Waals surface area contributed by atoms with Crippen molar-refractivity contribution in [3.63, 3.8) is 0 Å². The molecule has 3 aromatic carbocycles. The van der Waals surface area contributed by atoms with Gasteiger partial charge in [0.1, 0.15) is 0 Å². The van der Waals surface area contributed by atoms with Crippen molar-refractivity contribution >= 4 is 27.5 Å². The van der Waals surface area contributed by atoms with Gasteiger partial charge in [0.2, 0.25) is 0 Å². The molecule has 4 rings (SSSR count). The summed E-state index contributed by atoms with van der Waals surface area (Å²) in [5, 5.41) is 4.24. The van der Waals surface area contributed by atoms with Gasteiger partial charge in [-0.05, 0) is 59.9 Å².